The van der Waals surface area contributed by atoms with Crippen molar-refractivity contribution in [3.63, 3.8) is 0 Å². The van der Waals surface area contributed by atoms with E-state index in [9.17, 15) is 5.11 Å². The van der Waals surface area contributed by atoms with Gasteiger partial charge in [0.05, 0.1) is 0 Å². The molecule has 0 heterocycles. The second kappa shape index (κ2) is 3.36. The predicted octanol–water partition coefficient (Wildman–Crippen LogP) is 4.27. The van der Waals surface area contributed by atoms with Crippen LogP contribution in [0.5, 0.6) is 5.75 Å². The molecular formula is C17H12O. The molecule has 1 aliphatic rings. The van der Waals surface area contributed by atoms with Crippen molar-refractivity contribution in [3.8, 4) is 5.75 Å². The maximum Gasteiger partial charge on any atom is 0.116 e. The highest BCUT2D eigenvalue weighted by Crippen LogP contribution is 2.33. The zero-order chi connectivity index (χ0) is 12.1. The topological polar surface area (TPSA) is 20.2 Å². The summed E-state index contributed by atoms with van der Waals surface area (Å²) in [5, 5.41) is 14.4. The van der Waals surface area contributed by atoms with Crippen LogP contribution in [0.15, 0.2) is 48.5 Å². The summed E-state index contributed by atoms with van der Waals surface area (Å²) in [5.41, 5.74) is 2.75. The molecule has 0 aliphatic heterocycles. The van der Waals surface area contributed by atoms with Crippen LogP contribution in [0.1, 0.15) is 11.1 Å². The highest BCUT2D eigenvalue weighted by molar-refractivity contribution is 6.09. The highest BCUT2D eigenvalue weighted by atomic mass is 16.3. The number of aromatic hydroxyl groups is 1. The number of allylic oxidation sites excluding steroid dienone is 1. The summed E-state index contributed by atoms with van der Waals surface area (Å²) in [6.07, 6.45) is 5.43. The Bertz CT molecular complexity index is 813. The van der Waals surface area contributed by atoms with Gasteiger partial charge < -0.3 is 5.11 Å². The molecule has 0 saturated carbocycles. The molecule has 4 rings (SSSR count). The summed E-state index contributed by atoms with van der Waals surface area (Å²) in [5.74, 6) is 0.324. The van der Waals surface area contributed by atoms with E-state index in [0.717, 1.165) is 11.8 Å². The lowest BCUT2D eigenvalue weighted by Crippen LogP contribution is -1.86. The Hall–Kier alpha value is -2.28. The standard InChI is InChI=1S/C17H12O/c18-13-6-9-15-12(10-13)5-8-16-14-3-1-2-11(14)4-7-17(15)16/h1-2,4-10,18H,3H2. The van der Waals surface area contributed by atoms with E-state index in [1.54, 1.807) is 6.07 Å². The van der Waals surface area contributed by atoms with Gasteiger partial charge in [0.2, 0.25) is 0 Å². The number of phenolic OH excluding ortho intramolecular Hbond substituents is 1. The molecule has 0 atom stereocenters. The van der Waals surface area contributed by atoms with Crippen molar-refractivity contribution < 1.29 is 5.11 Å². The van der Waals surface area contributed by atoms with E-state index >= 15 is 0 Å². The van der Waals surface area contributed by atoms with Crippen LogP contribution in [0.3, 0.4) is 0 Å². The zero-order valence-electron chi connectivity index (χ0n) is 9.85. The average Bonchev–Trinajstić information content (AvgIpc) is 2.86. The first-order valence-electron chi connectivity index (χ1n) is 6.17. The summed E-state index contributed by atoms with van der Waals surface area (Å²) in [7, 11) is 0. The van der Waals surface area contributed by atoms with Gasteiger partial charge >= 0.3 is 0 Å². The predicted molar refractivity (Wildman–Crippen MR) is 75.9 cm³/mol. The fourth-order valence-corrected chi connectivity index (χ4v) is 2.90. The lowest BCUT2D eigenvalue weighted by Gasteiger charge is -2.09. The fraction of sp³-hybridized carbons (Fsp3) is 0.0588. The first kappa shape index (κ1) is 9.72. The normalized spacial score (nSPS) is 13.3. The number of phenols is 1. The lowest BCUT2D eigenvalue weighted by atomic mass is 9.96. The number of fused-ring (bicyclic) bond motifs is 5. The minimum atomic E-state index is 0.324. The van der Waals surface area contributed by atoms with Crippen molar-refractivity contribution in [1.29, 1.82) is 0 Å². The van der Waals surface area contributed by atoms with Crippen molar-refractivity contribution in [2.75, 3.05) is 0 Å². The minimum Gasteiger partial charge on any atom is -0.508 e. The van der Waals surface area contributed by atoms with Crippen LogP contribution in [0, 0.1) is 0 Å². The van der Waals surface area contributed by atoms with Gasteiger partial charge in [-0.3, -0.25) is 0 Å². The molecule has 18 heavy (non-hydrogen) atoms. The van der Waals surface area contributed by atoms with Gasteiger partial charge in [-0.05, 0) is 51.2 Å². The van der Waals surface area contributed by atoms with Crippen molar-refractivity contribution in [1.82, 2.24) is 0 Å². The smallest absolute Gasteiger partial charge is 0.116 e. The van der Waals surface area contributed by atoms with Crippen LogP contribution in [0.2, 0.25) is 0 Å². The third kappa shape index (κ3) is 1.22. The summed E-state index contributed by atoms with van der Waals surface area (Å²) in [6.45, 7) is 0. The van der Waals surface area contributed by atoms with Gasteiger partial charge in [0.25, 0.3) is 0 Å². The molecule has 3 aromatic rings. The number of rotatable bonds is 0. The molecule has 0 bridgehead atoms. The molecule has 0 radical (unpaired) electrons. The van der Waals surface area contributed by atoms with Crippen molar-refractivity contribution in [2.45, 2.75) is 6.42 Å². The summed E-state index contributed by atoms with van der Waals surface area (Å²) in [4.78, 5) is 0. The molecule has 0 fully saturated rings. The largest absolute Gasteiger partial charge is 0.508 e. The molecule has 1 aliphatic carbocycles. The molecule has 1 heteroatoms. The highest BCUT2D eigenvalue weighted by Gasteiger charge is 2.10. The summed E-state index contributed by atoms with van der Waals surface area (Å²) in [6, 6.07) is 14.2. The van der Waals surface area contributed by atoms with E-state index in [1.807, 2.05) is 12.1 Å². The van der Waals surface area contributed by atoms with E-state index < -0.39 is 0 Å². The Morgan fingerprint density at radius 2 is 1.67 bits per heavy atom. The van der Waals surface area contributed by atoms with Crippen molar-refractivity contribution >= 4 is 27.6 Å². The van der Waals surface area contributed by atoms with Gasteiger partial charge in [-0.25, -0.2) is 0 Å². The molecule has 0 aromatic heterocycles. The van der Waals surface area contributed by atoms with Crippen LogP contribution in [-0.4, -0.2) is 5.11 Å². The SMILES string of the molecule is Oc1ccc2c(ccc3c4c(ccc32)C=CC4)c1. The molecule has 1 nitrogen and oxygen atoms in total. The zero-order valence-corrected chi connectivity index (χ0v) is 9.85. The molecule has 3 aromatic carbocycles. The lowest BCUT2D eigenvalue weighted by molar-refractivity contribution is 0.476. The summed E-state index contributed by atoms with van der Waals surface area (Å²) < 4.78 is 0. The molecule has 0 unspecified atom stereocenters. The maximum absolute atomic E-state index is 9.55. The minimum absolute atomic E-state index is 0.324. The van der Waals surface area contributed by atoms with Gasteiger partial charge in [-0.15, -0.1) is 0 Å². The Labute approximate surface area is 105 Å². The van der Waals surface area contributed by atoms with Gasteiger partial charge in [0.1, 0.15) is 5.75 Å². The molecular weight excluding hydrogens is 220 g/mol. The Balaban J connectivity index is 2.18. The third-order valence-electron chi connectivity index (χ3n) is 3.77. The Morgan fingerprint density at radius 1 is 0.833 bits per heavy atom. The van der Waals surface area contributed by atoms with Gasteiger partial charge in [-0.2, -0.15) is 0 Å². The first-order chi connectivity index (χ1) is 8.83. The third-order valence-corrected chi connectivity index (χ3v) is 3.77. The van der Waals surface area contributed by atoms with Crippen LogP contribution in [-0.2, 0) is 6.42 Å². The van der Waals surface area contributed by atoms with Crippen molar-refractivity contribution in [3.05, 3.63) is 59.7 Å². The number of benzene rings is 3. The quantitative estimate of drug-likeness (QED) is 0.574. The fourth-order valence-electron chi connectivity index (χ4n) is 2.90. The van der Waals surface area contributed by atoms with E-state index in [-0.39, 0.29) is 0 Å². The second-order valence-electron chi connectivity index (χ2n) is 4.81. The van der Waals surface area contributed by atoms with Crippen LogP contribution in [0.25, 0.3) is 27.6 Å². The molecule has 0 spiro atoms. The van der Waals surface area contributed by atoms with E-state index in [4.69, 9.17) is 0 Å². The van der Waals surface area contributed by atoms with E-state index in [0.29, 0.717) is 5.75 Å². The maximum atomic E-state index is 9.55. The number of hydrogen-bond acceptors (Lipinski definition) is 1. The van der Waals surface area contributed by atoms with Crippen LogP contribution >= 0.6 is 0 Å². The Morgan fingerprint density at radius 3 is 2.61 bits per heavy atom. The van der Waals surface area contributed by atoms with Crippen molar-refractivity contribution in [2.24, 2.45) is 0 Å². The van der Waals surface area contributed by atoms with Gasteiger partial charge in [-0.1, -0.05) is 42.5 Å². The van der Waals surface area contributed by atoms with E-state index in [2.05, 4.69) is 36.4 Å². The monoisotopic (exact) mass is 232 g/mol. The van der Waals surface area contributed by atoms with Gasteiger partial charge in [0, 0.05) is 0 Å². The van der Waals surface area contributed by atoms with Crippen LogP contribution in [0.4, 0.5) is 0 Å². The Kier molecular flexibility index (Phi) is 1.81. The first-order valence-corrected chi connectivity index (χ1v) is 6.17. The van der Waals surface area contributed by atoms with E-state index in [1.165, 1.54) is 27.3 Å². The number of hydrogen-bond donors (Lipinski definition) is 1. The molecule has 86 valence electrons. The molecule has 0 amide bonds. The molecule has 1 N–H and O–H groups in total. The van der Waals surface area contributed by atoms with Crippen LogP contribution < -0.4 is 0 Å². The average molecular weight is 232 g/mol. The second-order valence-corrected chi connectivity index (χ2v) is 4.81. The van der Waals surface area contributed by atoms with Gasteiger partial charge in [0.15, 0.2) is 0 Å². The summed E-state index contributed by atoms with van der Waals surface area (Å²) >= 11 is 0. The molecule has 0 saturated heterocycles.